The highest BCUT2D eigenvalue weighted by molar-refractivity contribution is 5.87. The van der Waals surface area contributed by atoms with E-state index in [0.717, 1.165) is 17.1 Å². The number of rotatable bonds is 5. The van der Waals surface area contributed by atoms with Crippen molar-refractivity contribution < 1.29 is 9.53 Å². The summed E-state index contributed by atoms with van der Waals surface area (Å²) in [5.74, 6) is -0.355. The van der Waals surface area contributed by atoms with E-state index in [2.05, 4.69) is 32.1 Å². The van der Waals surface area contributed by atoms with Gasteiger partial charge in [0.15, 0.2) is 0 Å². The molecule has 1 aromatic carbocycles. The van der Waals surface area contributed by atoms with Crippen molar-refractivity contribution in [3.05, 3.63) is 47.8 Å². The first-order valence-corrected chi connectivity index (χ1v) is 6.37. The molecule has 0 unspecified atom stereocenters. The molecular weight excluding hydrogens is 254 g/mol. The number of esters is 1. The van der Waals surface area contributed by atoms with Crippen molar-refractivity contribution in [2.45, 2.75) is 6.54 Å². The second kappa shape index (κ2) is 6.14. The second-order valence-electron chi connectivity index (χ2n) is 4.68. The van der Waals surface area contributed by atoms with Gasteiger partial charge >= 0.3 is 5.97 Å². The number of ether oxygens (including phenoxy) is 1. The van der Waals surface area contributed by atoms with Gasteiger partial charge in [-0.25, -0.2) is 4.79 Å². The number of benzene rings is 1. The zero-order chi connectivity index (χ0) is 14.5. The highest BCUT2D eigenvalue weighted by Gasteiger charge is 2.07. The molecule has 0 amide bonds. The van der Waals surface area contributed by atoms with E-state index in [1.807, 2.05) is 32.3 Å². The minimum atomic E-state index is -0.355. The van der Waals surface area contributed by atoms with E-state index in [4.69, 9.17) is 0 Å². The lowest BCUT2D eigenvalue weighted by atomic mass is 10.2. The Morgan fingerprint density at radius 2 is 1.90 bits per heavy atom. The predicted molar refractivity (Wildman–Crippen MR) is 80.2 cm³/mol. The van der Waals surface area contributed by atoms with Gasteiger partial charge in [-0.1, -0.05) is 0 Å². The SMILES string of the molecule is COC(=O)c1ccc(CNc2ccc(N(C)C)cc2)[nH]1. The van der Waals surface area contributed by atoms with Crippen molar-refractivity contribution >= 4 is 17.3 Å². The van der Waals surface area contributed by atoms with Crippen molar-refractivity contribution in [3.8, 4) is 0 Å². The van der Waals surface area contributed by atoms with Gasteiger partial charge in [0, 0.05) is 31.2 Å². The van der Waals surface area contributed by atoms with Gasteiger partial charge in [-0.2, -0.15) is 0 Å². The standard InChI is InChI=1S/C15H19N3O2/c1-18(2)13-7-4-11(5-8-13)16-10-12-6-9-14(17-12)15(19)20-3/h4-9,16-17H,10H2,1-3H3. The Bertz CT molecular complexity index is 573. The Morgan fingerprint density at radius 3 is 2.50 bits per heavy atom. The summed E-state index contributed by atoms with van der Waals surface area (Å²) in [6.07, 6.45) is 0. The minimum Gasteiger partial charge on any atom is -0.464 e. The maximum atomic E-state index is 11.3. The molecule has 106 valence electrons. The van der Waals surface area contributed by atoms with Crippen molar-refractivity contribution in [2.75, 3.05) is 31.4 Å². The number of H-pyrrole nitrogens is 1. The van der Waals surface area contributed by atoms with Gasteiger partial charge in [0.2, 0.25) is 0 Å². The molecule has 0 spiro atoms. The summed E-state index contributed by atoms with van der Waals surface area (Å²) in [6.45, 7) is 0.623. The maximum Gasteiger partial charge on any atom is 0.354 e. The van der Waals surface area contributed by atoms with Crippen LogP contribution in [0.3, 0.4) is 0 Å². The first-order chi connectivity index (χ1) is 9.60. The molecule has 2 aromatic rings. The van der Waals surface area contributed by atoms with E-state index in [1.54, 1.807) is 6.07 Å². The molecule has 0 bridgehead atoms. The molecule has 0 atom stereocenters. The van der Waals surface area contributed by atoms with Crippen LogP contribution in [0.25, 0.3) is 0 Å². The largest absolute Gasteiger partial charge is 0.464 e. The molecule has 1 aromatic heterocycles. The van der Waals surface area contributed by atoms with Gasteiger partial charge < -0.3 is 19.9 Å². The lowest BCUT2D eigenvalue weighted by Crippen LogP contribution is -2.08. The fourth-order valence-corrected chi connectivity index (χ4v) is 1.85. The quantitative estimate of drug-likeness (QED) is 0.822. The van der Waals surface area contributed by atoms with E-state index in [9.17, 15) is 4.79 Å². The number of aromatic amines is 1. The lowest BCUT2D eigenvalue weighted by Gasteiger charge is -2.13. The Labute approximate surface area is 118 Å². The van der Waals surface area contributed by atoms with Gasteiger partial charge in [0.05, 0.1) is 13.7 Å². The normalized spacial score (nSPS) is 10.2. The molecule has 0 saturated carbocycles. The molecular formula is C15H19N3O2. The number of carbonyl (C=O) groups excluding carboxylic acids is 1. The molecule has 2 N–H and O–H groups in total. The van der Waals surface area contributed by atoms with Crippen molar-refractivity contribution in [1.29, 1.82) is 0 Å². The highest BCUT2D eigenvalue weighted by Crippen LogP contribution is 2.16. The third-order valence-electron chi connectivity index (χ3n) is 3.02. The molecule has 1 heterocycles. The topological polar surface area (TPSA) is 57.4 Å². The molecule has 0 radical (unpaired) electrons. The van der Waals surface area contributed by atoms with E-state index >= 15 is 0 Å². The second-order valence-corrected chi connectivity index (χ2v) is 4.68. The van der Waals surface area contributed by atoms with E-state index in [-0.39, 0.29) is 5.97 Å². The molecule has 0 aliphatic carbocycles. The Morgan fingerprint density at radius 1 is 1.20 bits per heavy atom. The molecule has 2 rings (SSSR count). The van der Waals surface area contributed by atoms with Gasteiger partial charge in [-0.15, -0.1) is 0 Å². The molecule has 0 saturated heterocycles. The molecule has 0 aliphatic heterocycles. The van der Waals surface area contributed by atoms with E-state index < -0.39 is 0 Å². The van der Waals surface area contributed by atoms with Crippen molar-refractivity contribution in [3.63, 3.8) is 0 Å². The summed E-state index contributed by atoms with van der Waals surface area (Å²) in [6, 6.07) is 11.7. The average molecular weight is 273 g/mol. The van der Waals surface area contributed by atoms with Crippen LogP contribution in [0.1, 0.15) is 16.2 Å². The van der Waals surface area contributed by atoms with Crippen LogP contribution in [0, 0.1) is 0 Å². The summed E-state index contributed by atoms with van der Waals surface area (Å²) in [7, 11) is 5.39. The van der Waals surface area contributed by atoms with Crippen LogP contribution in [0.5, 0.6) is 0 Å². The summed E-state index contributed by atoms with van der Waals surface area (Å²) in [5, 5.41) is 3.30. The predicted octanol–water partition coefficient (Wildman–Crippen LogP) is 2.48. The summed E-state index contributed by atoms with van der Waals surface area (Å²) >= 11 is 0. The Balaban J connectivity index is 1.94. The first-order valence-electron chi connectivity index (χ1n) is 6.37. The van der Waals surface area contributed by atoms with Crippen LogP contribution in [0.15, 0.2) is 36.4 Å². The maximum absolute atomic E-state index is 11.3. The Kier molecular flexibility index (Phi) is 4.30. The van der Waals surface area contributed by atoms with Crippen LogP contribution in [0.4, 0.5) is 11.4 Å². The third kappa shape index (κ3) is 3.32. The van der Waals surface area contributed by atoms with Gasteiger partial charge in [0.25, 0.3) is 0 Å². The lowest BCUT2D eigenvalue weighted by molar-refractivity contribution is 0.0594. The van der Waals surface area contributed by atoms with Crippen molar-refractivity contribution in [2.24, 2.45) is 0 Å². The van der Waals surface area contributed by atoms with E-state index in [1.165, 1.54) is 7.11 Å². The number of nitrogens with one attached hydrogen (secondary N) is 2. The zero-order valence-electron chi connectivity index (χ0n) is 11.9. The van der Waals surface area contributed by atoms with Crippen LogP contribution >= 0.6 is 0 Å². The molecule has 0 aliphatic rings. The molecule has 0 fully saturated rings. The number of hydrogen-bond acceptors (Lipinski definition) is 4. The number of carbonyl (C=O) groups is 1. The number of methoxy groups -OCH3 is 1. The fraction of sp³-hybridized carbons (Fsp3) is 0.267. The van der Waals surface area contributed by atoms with Crippen LogP contribution in [0.2, 0.25) is 0 Å². The molecule has 5 nitrogen and oxygen atoms in total. The fourth-order valence-electron chi connectivity index (χ4n) is 1.85. The first kappa shape index (κ1) is 14.0. The zero-order valence-corrected chi connectivity index (χ0v) is 11.9. The van der Waals surface area contributed by atoms with Crippen molar-refractivity contribution in [1.82, 2.24) is 4.98 Å². The third-order valence-corrected chi connectivity index (χ3v) is 3.02. The Hall–Kier alpha value is -2.43. The number of hydrogen-bond donors (Lipinski definition) is 2. The van der Waals surface area contributed by atoms with Crippen LogP contribution in [-0.2, 0) is 11.3 Å². The van der Waals surface area contributed by atoms with Gasteiger partial charge in [0.1, 0.15) is 5.69 Å². The minimum absolute atomic E-state index is 0.355. The van der Waals surface area contributed by atoms with Crippen LogP contribution in [-0.4, -0.2) is 32.2 Å². The molecule has 20 heavy (non-hydrogen) atoms. The van der Waals surface area contributed by atoms with E-state index in [0.29, 0.717) is 12.2 Å². The number of anilines is 2. The number of aromatic nitrogens is 1. The summed E-state index contributed by atoms with van der Waals surface area (Å²) in [5.41, 5.74) is 3.59. The van der Waals surface area contributed by atoms with Gasteiger partial charge in [-0.3, -0.25) is 0 Å². The van der Waals surface area contributed by atoms with Crippen LogP contribution < -0.4 is 10.2 Å². The highest BCUT2D eigenvalue weighted by atomic mass is 16.5. The summed E-state index contributed by atoms with van der Waals surface area (Å²) < 4.78 is 4.65. The smallest absolute Gasteiger partial charge is 0.354 e. The molecule has 5 heteroatoms. The monoisotopic (exact) mass is 273 g/mol. The average Bonchev–Trinajstić information content (AvgIpc) is 2.93. The van der Waals surface area contributed by atoms with Gasteiger partial charge in [-0.05, 0) is 36.4 Å². The summed E-state index contributed by atoms with van der Waals surface area (Å²) in [4.78, 5) is 16.4. The number of nitrogens with zero attached hydrogens (tertiary/aromatic N) is 1.